The minimum Gasteiger partial charge on any atom is -0.385 e. The lowest BCUT2D eigenvalue weighted by atomic mass is 10.1. The van der Waals surface area contributed by atoms with Crippen LogP contribution in [0.2, 0.25) is 0 Å². The topological polar surface area (TPSA) is 88.2 Å². The first-order chi connectivity index (χ1) is 9.13. The highest BCUT2D eigenvalue weighted by atomic mass is 16.5. The first-order valence-electron chi connectivity index (χ1n) is 6.55. The molecule has 1 saturated heterocycles. The number of nitrogens with zero attached hydrogens (tertiary/aromatic N) is 3. The summed E-state index contributed by atoms with van der Waals surface area (Å²) >= 11 is 0. The fourth-order valence-corrected chi connectivity index (χ4v) is 2.46. The van der Waals surface area contributed by atoms with Gasteiger partial charge in [0.1, 0.15) is 11.9 Å². The van der Waals surface area contributed by atoms with Gasteiger partial charge in [-0.3, -0.25) is 4.79 Å². The van der Waals surface area contributed by atoms with Gasteiger partial charge < -0.3 is 20.3 Å². The molecule has 0 aliphatic carbocycles. The number of aliphatic imine (C=N–C) groups is 1. The van der Waals surface area contributed by atoms with Crippen LogP contribution in [0.4, 0.5) is 4.79 Å². The molecule has 19 heavy (non-hydrogen) atoms. The van der Waals surface area contributed by atoms with E-state index in [1.165, 1.54) is 4.90 Å². The van der Waals surface area contributed by atoms with Gasteiger partial charge in [0.05, 0.1) is 13.0 Å². The highest BCUT2D eigenvalue weighted by Crippen LogP contribution is 2.17. The molecule has 0 radical (unpaired) electrons. The minimum absolute atomic E-state index is 0.0396. The number of ether oxygens (including phenoxy) is 1. The number of likely N-dealkylation sites (tertiary alicyclic amines) is 1. The second-order valence-corrected chi connectivity index (χ2v) is 4.81. The molecule has 0 saturated carbocycles. The van der Waals surface area contributed by atoms with Gasteiger partial charge in [0.25, 0.3) is 0 Å². The Morgan fingerprint density at radius 1 is 1.47 bits per heavy atom. The third-order valence-corrected chi connectivity index (χ3v) is 3.55. The normalized spacial score (nSPS) is 23.1. The molecule has 7 nitrogen and oxygen atoms in total. The molecule has 1 fully saturated rings. The van der Waals surface area contributed by atoms with Crippen molar-refractivity contribution in [2.45, 2.75) is 25.3 Å². The number of carbonyl (C=O) groups excluding carboxylic acids is 2. The third-order valence-electron chi connectivity index (χ3n) is 3.55. The van der Waals surface area contributed by atoms with E-state index in [2.05, 4.69) is 4.99 Å². The number of hydrogen-bond acceptors (Lipinski definition) is 4. The number of hydrogen-bond donors (Lipinski definition) is 1. The van der Waals surface area contributed by atoms with Crippen LogP contribution >= 0.6 is 0 Å². The number of amidine groups is 1. The highest BCUT2D eigenvalue weighted by molar-refractivity contribution is 6.04. The van der Waals surface area contributed by atoms with Crippen molar-refractivity contribution in [3.05, 3.63) is 0 Å². The van der Waals surface area contributed by atoms with Crippen LogP contribution in [-0.4, -0.2) is 67.0 Å². The summed E-state index contributed by atoms with van der Waals surface area (Å²) in [4.78, 5) is 30.9. The molecule has 2 N–H and O–H groups in total. The van der Waals surface area contributed by atoms with Gasteiger partial charge in [0.15, 0.2) is 0 Å². The lowest BCUT2D eigenvalue weighted by molar-refractivity contribution is -0.130. The van der Waals surface area contributed by atoms with Crippen molar-refractivity contribution in [2.24, 2.45) is 10.7 Å². The molecule has 7 heteroatoms. The van der Waals surface area contributed by atoms with E-state index in [0.717, 1.165) is 25.9 Å². The zero-order valence-electron chi connectivity index (χ0n) is 11.2. The summed E-state index contributed by atoms with van der Waals surface area (Å²) in [5.74, 6) is 0.270. The predicted octanol–water partition coefficient (Wildman–Crippen LogP) is -0.193. The van der Waals surface area contributed by atoms with Gasteiger partial charge >= 0.3 is 6.03 Å². The van der Waals surface area contributed by atoms with Gasteiger partial charge in [-0.05, 0) is 12.8 Å². The Bertz CT molecular complexity index is 390. The summed E-state index contributed by atoms with van der Waals surface area (Å²) < 4.78 is 4.96. The molecule has 0 aromatic carbocycles. The van der Waals surface area contributed by atoms with Gasteiger partial charge in [-0.25, -0.2) is 4.79 Å². The van der Waals surface area contributed by atoms with Crippen LogP contribution in [0.25, 0.3) is 0 Å². The summed E-state index contributed by atoms with van der Waals surface area (Å²) in [6.45, 7) is 2.41. The highest BCUT2D eigenvalue weighted by Gasteiger charge is 2.35. The van der Waals surface area contributed by atoms with Gasteiger partial charge in [0, 0.05) is 26.7 Å². The Morgan fingerprint density at radius 3 is 2.79 bits per heavy atom. The second kappa shape index (κ2) is 6.01. The van der Waals surface area contributed by atoms with Gasteiger partial charge in [-0.1, -0.05) is 0 Å². The van der Waals surface area contributed by atoms with E-state index in [1.807, 2.05) is 4.90 Å². The number of rotatable bonds is 5. The van der Waals surface area contributed by atoms with Crippen molar-refractivity contribution in [3.63, 3.8) is 0 Å². The Hall–Kier alpha value is -1.63. The van der Waals surface area contributed by atoms with Crippen LogP contribution in [0, 0.1) is 0 Å². The molecule has 1 unspecified atom stereocenters. The maximum Gasteiger partial charge on any atom is 0.345 e. The monoisotopic (exact) mass is 268 g/mol. The zero-order chi connectivity index (χ0) is 13.8. The van der Waals surface area contributed by atoms with Crippen LogP contribution < -0.4 is 5.73 Å². The fraction of sp³-hybridized carbons (Fsp3) is 0.750. The number of nitrogens with two attached hydrogens (primary N) is 1. The van der Waals surface area contributed by atoms with E-state index >= 15 is 0 Å². The Morgan fingerprint density at radius 2 is 2.16 bits per heavy atom. The summed E-state index contributed by atoms with van der Waals surface area (Å²) in [5, 5.41) is 0. The maximum atomic E-state index is 12.1. The Kier molecular flexibility index (Phi) is 4.36. The van der Waals surface area contributed by atoms with Crippen molar-refractivity contribution in [3.8, 4) is 0 Å². The van der Waals surface area contributed by atoms with Crippen LogP contribution in [-0.2, 0) is 9.53 Å². The minimum atomic E-state index is -0.421. The number of urea groups is 1. The van der Waals surface area contributed by atoms with E-state index in [0.29, 0.717) is 13.2 Å². The Balaban J connectivity index is 1.97. The molecular formula is C12H20N4O3. The summed E-state index contributed by atoms with van der Waals surface area (Å²) in [6.07, 6.45) is 2.31. The average Bonchev–Trinajstić information content (AvgIpc) is 2.98. The van der Waals surface area contributed by atoms with Crippen LogP contribution in [0.3, 0.4) is 0 Å². The number of amides is 3. The molecule has 2 heterocycles. The van der Waals surface area contributed by atoms with Crippen molar-refractivity contribution < 1.29 is 14.3 Å². The van der Waals surface area contributed by atoms with Gasteiger partial charge in [-0.15, -0.1) is 0 Å². The molecule has 2 aliphatic rings. The van der Waals surface area contributed by atoms with Crippen molar-refractivity contribution in [1.29, 1.82) is 0 Å². The smallest absolute Gasteiger partial charge is 0.345 e. The molecular weight excluding hydrogens is 248 g/mol. The lowest BCUT2D eigenvalue weighted by Gasteiger charge is -2.25. The predicted molar refractivity (Wildman–Crippen MR) is 69.8 cm³/mol. The van der Waals surface area contributed by atoms with Gasteiger partial charge in [0.2, 0.25) is 5.91 Å². The molecule has 0 spiro atoms. The SMILES string of the molecule is COCCN1C(=O)N=C(N)C1CC(=O)N1CCCC1. The molecule has 0 aromatic heterocycles. The van der Waals surface area contributed by atoms with E-state index in [-0.39, 0.29) is 24.2 Å². The van der Waals surface area contributed by atoms with Crippen LogP contribution in [0.5, 0.6) is 0 Å². The van der Waals surface area contributed by atoms with E-state index in [1.54, 1.807) is 7.11 Å². The van der Waals surface area contributed by atoms with Crippen LogP contribution in [0.15, 0.2) is 4.99 Å². The van der Waals surface area contributed by atoms with Crippen molar-refractivity contribution in [2.75, 3.05) is 33.4 Å². The largest absolute Gasteiger partial charge is 0.385 e. The molecule has 2 aliphatic heterocycles. The Labute approximate surface area is 112 Å². The van der Waals surface area contributed by atoms with Crippen molar-refractivity contribution >= 4 is 17.8 Å². The molecule has 2 rings (SSSR count). The lowest BCUT2D eigenvalue weighted by Crippen LogP contribution is -2.45. The van der Waals surface area contributed by atoms with E-state index < -0.39 is 6.04 Å². The summed E-state index contributed by atoms with van der Waals surface area (Å²) in [7, 11) is 1.56. The summed E-state index contributed by atoms with van der Waals surface area (Å²) in [6, 6.07) is -0.801. The standard InChI is InChI=1S/C12H20N4O3/c1-19-7-6-16-9(11(13)14-12(16)18)8-10(17)15-4-2-3-5-15/h9H,2-8H2,1H3,(H2,13,14,18). The van der Waals surface area contributed by atoms with E-state index in [4.69, 9.17) is 10.5 Å². The van der Waals surface area contributed by atoms with E-state index in [9.17, 15) is 9.59 Å². The number of carbonyl (C=O) groups is 2. The molecule has 106 valence electrons. The average molecular weight is 268 g/mol. The third kappa shape index (κ3) is 3.04. The molecule has 3 amide bonds. The van der Waals surface area contributed by atoms with Gasteiger partial charge in [-0.2, -0.15) is 4.99 Å². The first-order valence-corrected chi connectivity index (χ1v) is 6.55. The first kappa shape index (κ1) is 13.8. The quantitative estimate of drug-likeness (QED) is 0.748. The summed E-state index contributed by atoms with van der Waals surface area (Å²) in [5.41, 5.74) is 5.75. The molecule has 0 bridgehead atoms. The molecule has 0 aromatic rings. The zero-order valence-corrected chi connectivity index (χ0v) is 11.2. The van der Waals surface area contributed by atoms with Crippen molar-refractivity contribution in [1.82, 2.24) is 9.80 Å². The fourth-order valence-electron chi connectivity index (χ4n) is 2.46. The van der Waals surface area contributed by atoms with Crippen LogP contribution in [0.1, 0.15) is 19.3 Å². The second-order valence-electron chi connectivity index (χ2n) is 4.81. The molecule has 1 atom stereocenters. The number of methoxy groups -OCH3 is 1. The maximum absolute atomic E-state index is 12.1.